The van der Waals surface area contributed by atoms with Gasteiger partial charge in [0, 0.05) is 13.2 Å². The first-order chi connectivity index (χ1) is 11.1. The topological polar surface area (TPSA) is 76.5 Å². The van der Waals surface area contributed by atoms with E-state index in [4.69, 9.17) is 4.74 Å². The number of aryl methyl sites for hydroxylation is 1. The number of anilines is 1. The van der Waals surface area contributed by atoms with Crippen LogP contribution in [0.4, 0.5) is 5.69 Å². The molecule has 0 saturated heterocycles. The fraction of sp³-hybridized carbons (Fsp3) is 0.312. The number of carbonyl (C=O) groups excluding carboxylic acids is 2. The lowest BCUT2D eigenvalue weighted by Gasteiger charge is -2.17. The number of rotatable bonds is 8. The van der Waals surface area contributed by atoms with Gasteiger partial charge in [-0.25, -0.2) is 0 Å². The highest BCUT2D eigenvalue weighted by molar-refractivity contribution is 5.76. The average Bonchev–Trinajstić information content (AvgIpc) is 2.96. The smallest absolute Gasteiger partial charge is 0.244 e. The molecule has 1 heterocycles. The molecule has 2 rings (SSSR count). The van der Waals surface area contributed by atoms with Crippen LogP contribution in [0.3, 0.4) is 0 Å². The summed E-state index contributed by atoms with van der Waals surface area (Å²) in [7, 11) is 1.72. The fourth-order valence-corrected chi connectivity index (χ4v) is 1.91. The van der Waals surface area contributed by atoms with Crippen LogP contribution in [0.2, 0.25) is 0 Å². The molecule has 0 fully saturated rings. The zero-order chi connectivity index (χ0) is 16.7. The van der Waals surface area contributed by atoms with Gasteiger partial charge in [-0.1, -0.05) is 17.7 Å². The van der Waals surface area contributed by atoms with Crippen LogP contribution in [0.15, 0.2) is 36.7 Å². The molecule has 1 aromatic carbocycles. The summed E-state index contributed by atoms with van der Waals surface area (Å²) in [6.07, 6.45) is 3.66. The summed E-state index contributed by atoms with van der Waals surface area (Å²) in [5.74, 6) is 0.700. The second kappa shape index (κ2) is 7.98. The number of ether oxygens (including phenoxy) is 1. The predicted octanol–water partition coefficient (Wildman–Crippen LogP) is 1.30. The minimum atomic E-state index is -0.0849. The monoisotopic (exact) mass is 316 g/mol. The number of amides is 2. The number of nitrogens with zero attached hydrogens (tertiary/aromatic N) is 3. The maximum atomic E-state index is 12.1. The molecule has 23 heavy (non-hydrogen) atoms. The van der Waals surface area contributed by atoms with Crippen LogP contribution in [0.5, 0.6) is 5.75 Å². The fourth-order valence-electron chi connectivity index (χ4n) is 1.91. The molecule has 0 aliphatic rings. The van der Waals surface area contributed by atoms with Crippen molar-refractivity contribution in [1.82, 2.24) is 14.7 Å². The van der Waals surface area contributed by atoms with Crippen LogP contribution in [0.1, 0.15) is 5.56 Å². The molecular formula is C16H20N4O3. The number of benzene rings is 1. The van der Waals surface area contributed by atoms with Gasteiger partial charge in [-0.15, -0.1) is 0 Å². The van der Waals surface area contributed by atoms with Crippen molar-refractivity contribution in [2.75, 3.05) is 25.5 Å². The van der Waals surface area contributed by atoms with E-state index < -0.39 is 0 Å². The van der Waals surface area contributed by atoms with Gasteiger partial charge in [0.15, 0.2) is 0 Å². The Kier molecular flexibility index (Phi) is 5.74. The van der Waals surface area contributed by atoms with Crippen molar-refractivity contribution in [2.45, 2.75) is 13.5 Å². The molecule has 1 N–H and O–H groups in total. The van der Waals surface area contributed by atoms with E-state index in [0.29, 0.717) is 25.2 Å². The van der Waals surface area contributed by atoms with Crippen molar-refractivity contribution in [2.24, 2.45) is 0 Å². The Labute approximate surface area is 134 Å². The number of aromatic nitrogens is 2. The molecular weight excluding hydrogens is 296 g/mol. The Morgan fingerprint density at radius 2 is 2.13 bits per heavy atom. The van der Waals surface area contributed by atoms with Crippen molar-refractivity contribution in [1.29, 1.82) is 0 Å². The molecule has 0 spiro atoms. The highest BCUT2D eigenvalue weighted by atomic mass is 16.5. The molecule has 2 aromatic rings. The van der Waals surface area contributed by atoms with E-state index in [9.17, 15) is 9.59 Å². The van der Waals surface area contributed by atoms with Gasteiger partial charge in [0.1, 0.15) is 18.9 Å². The van der Waals surface area contributed by atoms with E-state index in [1.165, 1.54) is 16.4 Å². The highest BCUT2D eigenvalue weighted by Gasteiger charge is 2.10. The van der Waals surface area contributed by atoms with Gasteiger partial charge < -0.3 is 15.0 Å². The van der Waals surface area contributed by atoms with Gasteiger partial charge in [0.2, 0.25) is 12.3 Å². The standard InChI is InChI=1S/C16H20N4O3/c1-13-3-5-15(6-4-13)23-8-7-19(2)16(22)11-20-10-14(9-18-20)17-12-21/h3-6,9-10,12H,7-8,11H2,1-2H3,(H,17,21). The van der Waals surface area contributed by atoms with E-state index >= 15 is 0 Å². The lowest BCUT2D eigenvalue weighted by molar-refractivity contribution is -0.131. The summed E-state index contributed by atoms with van der Waals surface area (Å²) >= 11 is 0. The maximum absolute atomic E-state index is 12.1. The summed E-state index contributed by atoms with van der Waals surface area (Å²) in [5.41, 5.74) is 1.73. The van der Waals surface area contributed by atoms with Gasteiger partial charge in [0.25, 0.3) is 0 Å². The average molecular weight is 316 g/mol. The quantitative estimate of drug-likeness (QED) is 0.745. The SMILES string of the molecule is Cc1ccc(OCCN(C)C(=O)Cn2cc(NC=O)cn2)cc1. The normalized spacial score (nSPS) is 10.2. The Hall–Kier alpha value is -2.83. The third-order valence-electron chi connectivity index (χ3n) is 3.30. The summed E-state index contributed by atoms with van der Waals surface area (Å²) in [6, 6.07) is 7.77. The van der Waals surface area contributed by atoms with Crippen LogP contribution in [-0.4, -0.2) is 47.2 Å². The van der Waals surface area contributed by atoms with E-state index in [1.807, 2.05) is 31.2 Å². The van der Waals surface area contributed by atoms with Gasteiger partial charge in [-0.3, -0.25) is 14.3 Å². The molecule has 122 valence electrons. The number of hydrogen-bond acceptors (Lipinski definition) is 4. The van der Waals surface area contributed by atoms with Crippen LogP contribution in [0.25, 0.3) is 0 Å². The van der Waals surface area contributed by atoms with Crippen molar-refractivity contribution in [3.63, 3.8) is 0 Å². The van der Waals surface area contributed by atoms with Gasteiger partial charge >= 0.3 is 0 Å². The van der Waals surface area contributed by atoms with E-state index in [1.54, 1.807) is 18.1 Å². The zero-order valence-electron chi connectivity index (χ0n) is 13.2. The lowest BCUT2D eigenvalue weighted by atomic mass is 10.2. The lowest BCUT2D eigenvalue weighted by Crippen LogP contribution is -2.33. The summed E-state index contributed by atoms with van der Waals surface area (Å²) in [6.45, 7) is 3.03. The third-order valence-corrected chi connectivity index (χ3v) is 3.30. The number of hydrogen-bond donors (Lipinski definition) is 1. The summed E-state index contributed by atoms with van der Waals surface area (Å²) in [5, 5.41) is 6.49. The molecule has 2 amide bonds. The van der Waals surface area contributed by atoms with Crippen molar-refractivity contribution >= 4 is 18.0 Å². The van der Waals surface area contributed by atoms with Gasteiger partial charge in [-0.2, -0.15) is 5.10 Å². The Morgan fingerprint density at radius 3 is 2.83 bits per heavy atom. The highest BCUT2D eigenvalue weighted by Crippen LogP contribution is 2.11. The zero-order valence-corrected chi connectivity index (χ0v) is 13.2. The molecule has 0 aliphatic carbocycles. The molecule has 0 aliphatic heterocycles. The van der Waals surface area contributed by atoms with Crippen LogP contribution in [0, 0.1) is 6.92 Å². The van der Waals surface area contributed by atoms with E-state index in [2.05, 4.69) is 10.4 Å². The van der Waals surface area contributed by atoms with Crippen LogP contribution < -0.4 is 10.1 Å². The molecule has 0 unspecified atom stereocenters. The second-order valence-corrected chi connectivity index (χ2v) is 5.17. The molecule has 0 bridgehead atoms. The van der Waals surface area contributed by atoms with Crippen molar-refractivity contribution < 1.29 is 14.3 Å². The van der Waals surface area contributed by atoms with E-state index in [-0.39, 0.29) is 12.5 Å². The third kappa shape index (κ3) is 5.14. The number of carbonyl (C=O) groups is 2. The largest absolute Gasteiger partial charge is 0.492 e. The molecule has 0 saturated carbocycles. The molecule has 7 heteroatoms. The maximum Gasteiger partial charge on any atom is 0.244 e. The molecule has 0 radical (unpaired) electrons. The Balaban J connectivity index is 1.75. The first kappa shape index (κ1) is 16.5. The van der Waals surface area contributed by atoms with Crippen LogP contribution in [-0.2, 0) is 16.1 Å². The summed E-state index contributed by atoms with van der Waals surface area (Å²) in [4.78, 5) is 24.0. The molecule has 0 atom stereocenters. The molecule has 1 aromatic heterocycles. The van der Waals surface area contributed by atoms with E-state index in [0.717, 1.165) is 5.75 Å². The predicted molar refractivity (Wildman–Crippen MR) is 86.2 cm³/mol. The number of nitrogens with one attached hydrogen (secondary N) is 1. The Bertz CT molecular complexity index is 652. The van der Waals surface area contributed by atoms with Crippen molar-refractivity contribution in [3.8, 4) is 5.75 Å². The first-order valence-corrected chi connectivity index (χ1v) is 7.24. The minimum absolute atomic E-state index is 0.0849. The minimum Gasteiger partial charge on any atom is -0.492 e. The molecule has 7 nitrogen and oxygen atoms in total. The van der Waals surface area contributed by atoms with Crippen molar-refractivity contribution in [3.05, 3.63) is 42.2 Å². The van der Waals surface area contributed by atoms with Gasteiger partial charge in [0.05, 0.1) is 18.4 Å². The second-order valence-electron chi connectivity index (χ2n) is 5.17. The Morgan fingerprint density at radius 1 is 1.39 bits per heavy atom. The van der Waals surface area contributed by atoms with Crippen LogP contribution >= 0.6 is 0 Å². The van der Waals surface area contributed by atoms with Gasteiger partial charge in [-0.05, 0) is 19.1 Å². The summed E-state index contributed by atoms with van der Waals surface area (Å²) < 4.78 is 7.08. The first-order valence-electron chi connectivity index (χ1n) is 7.24. The number of likely N-dealkylation sites (N-methyl/N-ethyl adjacent to an activating group) is 1.